The van der Waals surface area contributed by atoms with E-state index in [0.29, 0.717) is 6.54 Å². The van der Waals surface area contributed by atoms with Crippen molar-refractivity contribution in [3.63, 3.8) is 0 Å². The molecule has 0 saturated heterocycles. The molecule has 0 spiro atoms. The molecule has 0 aliphatic heterocycles. The molecule has 0 aliphatic carbocycles. The number of nitrogens with one attached hydrogen (secondary N) is 2. The monoisotopic (exact) mass is 471 g/mol. The van der Waals surface area contributed by atoms with Gasteiger partial charge >= 0.3 is 0 Å². The van der Waals surface area contributed by atoms with E-state index in [0.717, 1.165) is 23.9 Å². The molecule has 2 N–H and O–H groups in total. The van der Waals surface area contributed by atoms with Crippen LogP contribution in [0.5, 0.6) is 0 Å². The fourth-order valence-electron chi connectivity index (χ4n) is 2.78. The van der Waals surface area contributed by atoms with Crippen LogP contribution in [0.25, 0.3) is 0 Å². The van der Waals surface area contributed by atoms with E-state index in [2.05, 4.69) is 17.4 Å². The number of carbonyl (C=O) groups excluding carboxylic acids is 1. The van der Waals surface area contributed by atoms with Crippen LogP contribution >= 0.6 is 11.8 Å². The summed E-state index contributed by atoms with van der Waals surface area (Å²) < 4.78 is 26.9. The second-order valence-corrected chi connectivity index (χ2v) is 9.58. The number of benzene rings is 3. The van der Waals surface area contributed by atoms with Crippen molar-refractivity contribution < 1.29 is 18.1 Å². The molecule has 0 aliphatic rings. The first-order chi connectivity index (χ1) is 15.3. The zero-order valence-corrected chi connectivity index (χ0v) is 18.6. The highest BCUT2D eigenvalue weighted by Gasteiger charge is 2.20. The molecule has 3 aromatic rings. The van der Waals surface area contributed by atoms with Gasteiger partial charge in [0, 0.05) is 41.4 Å². The van der Waals surface area contributed by atoms with Gasteiger partial charge in [-0.1, -0.05) is 36.4 Å². The maximum Gasteiger partial charge on any atom is 0.270 e. The van der Waals surface area contributed by atoms with Crippen LogP contribution in [0.4, 0.5) is 5.69 Å². The summed E-state index contributed by atoms with van der Waals surface area (Å²) in [6.45, 7) is 1.37. The molecule has 32 heavy (non-hydrogen) atoms. The van der Waals surface area contributed by atoms with Crippen molar-refractivity contribution >= 4 is 33.4 Å². The fourth-order valence-corrected chi connectivity index (χ4v) is 4.58. The van der Waals surface area contributed by atoms with Crippen molar-refractivity contribution in [2.45, 2.75) is 16.3 Å². The standard InChI is InChI=1S/C22H21N3O5S2/c26-22(18-5-4-6-19(15-18)25(27)28)24-32(29,30)21-11-9-17(10-12-21)16-23-13-14-31-20-7-2-1-3-8-20/h1-12,15,23H,13-14,16H2,(H,24,26). The first kappa shape index (κ1) is 23.5. The Labute approximate surface area is 190 Å². The third-order valence-corrected chi connectivity index (χ3v) is 6.76. The van der Waals surface area contributed by atoms with Gasteiger partial charge in [-0.2, -0.15) is 0 Å². The lowest BCUT2D eigenvalue weighted by molar-refractivity contribution is -0.384. The van der Waals surface area contributed by atoms with E-state index >= 15 is 0 Å². The lowest BCUT2D eigenvalue weighted by Gasteiger charge is -2.09. The summed E-state index contributed by atoms with van der Waals surface area (Å²) in [5.74, 6) is -0.0319. The highest BCUT2D eigenvalue weighted by Crippen LogP contribution is 2.17. The van der Waals surface area contributed by atoms with Crippen LogP contribution in [-0.4, -0.2) is 31.5 Å². The number of rotatable bonds is 10. The Kier molecular flexibility index (Phi) is 7.98. The van der Waals surface area contributed by atoms with Crippen LogP contribution in [-0.2, 0) is 16.6 Å². The van der Waals surface area contributed by atoms with Crippen LogP contribution < -0.4 is 10.0 Å². The normalized spacial score (nSPS) is 11.1. The Hall–Kier alpha value is -3.21. The fraction of sp³-hybridized carbons (Fsp3) is 0.136. The number of hydrogen-bond donors (Lipinski definition) is 2. The number of hydrogen-bond acceptors (Lipinski definition) is 7. The number of nitro groups is 1. The van der Waals surface area contributed by atoms with E-state index in [1.54, 1.807) is 23.9 Å². The molecule has 3 rings (SSSR count). The molecular weight excluding hydrogens is 450 g/mol. The van der Waals surface area contributed by atoms with Crippen molar-refractivity contribution in [1.82, 2.24) is 10.0 Å². The van der Waals surface area contributed by atoms with Crippen LogP contribution in [0, 0.1) is 10.1 Å². The molecule has 0 fully saturated rings. The van der Waals surface area contributed by atoms with Gasteiger partial charge in [0.2, 0.25) is 0 Å². The minimum absolute atomic E-state index is 0.0698. The second-order valence-electron chi connectivity index (χ2n) is 6.72. The van der Waals surface area contributed by atoms with Gasteiger partial charge in [-0.25, -0.2) is 13.1 Å². The third-order valence-electron chi connectivity index (χ3n) is 4.40. The smallest absolute Gasteiger partial charge is 0.270 e. The molecule has 0 radical (unpaired) electrons. The molecule has 0 bridgehead atoms. The Bertz CT molecular complexity index is 1180. The van der Waals surface area contributed by atoms with Gasteiger partial charge in [-0.15, -0.1) is 11.8 Å². The highest BCUT2D eigenvalue weighted by atomic mass is 32.2. The predicted molar refractivity (Wildman–Crippen MR) is 123 cm³/mol. The molecule has 0 heterocycles. The number of nitrogens with zero attached hydrogens (tertiary/aromatic N) is 1. The van der Waals surface area contributed by atoms with Crippen molar-refractivity contribution in [3.8, 4) is 0 Å². The summed E-state index contributed by atoms with van der Waals surface area (Å²) in [5.41, 5.74) is 0.490. The van der Waals surface area contributed by atoms with Gasteiger partial charge in [-0.05, 0) is 35.9 Å². The molecule has 10 heteroatoms. The molecule has 1 amide bonds. The van der Waals surface area contributed by atoms with Crippen molar-refractivity contribution in [1.29, 1.82) is 0 Å². The van der Waals surface area contributed by atoms with E-state index in [4.69, 9.17) is 0 Å². The van der Waals surface area contributed by atoms with Crippen molar-refractivity contribution in [3.05, 3.63) is 100 Å². The first-order valence-corrected chi connectivity index (χ1v) is 12.1. The molecule has 0 unspecified atom stereocenters. The molecule has 0 saturated carbocycles. The molecule has 0 atom stereocenters. The van der Waals surface area contributed by atoms with E-state index < -0.39 is 20.9 Å². The summed E-state index contributed by atoms with van der Waals surface area (Å²) >= 11 is 1.75. The van der Waals surface area contributed by atoms with E-state index in [1.165, 1.54) is 35.2 Å². The van der Waals surface area contributed by atoms with Gasteiger partial charge in [0.05, 0.1) is 9.82 Å². The van der Waals surface area contributed by atoms with Crippen molar-refractivity contribution in [2.24, 2.45) is 0 Å². The summed E-state index contributed by atoms with van der Waals surface area (Å²) in [6.07, 6.45) is 0. The quantitative estimate of drug-likeness (QED) is 0.201. The second kappa shape index (κ2) is 10.9. The summed E-state index contributed by atoms with van der Waals surface area (Å²) in [5, 5.41) is 14.1. The Morgan fingerprint density at radius 1 is 0.969 bits per heavy atom. The SMILES string of the molecule is O=C(NS(=O)(=O)c1ccc(CNCCSc2ccccc2)cc1)c1cccc([N+](=O)[O-])c1. The van der Waals surface area contributed by atoms with E-state index in [1.807, 2.05) is 22.9 Å². The van der Waals surface area contributed by atoms with Crippen LogP contribution in [0.1, 0.15) is 15.9 Å². The average Bonchev–Trinajstić information content (AvgIpc) is 2.79. The molecule has 0 aromatic heterocycles. The molecule has 8 nitrogen and oxygen atoms in total. The number of carbonyl (C=O) groups is 1. The third kappa shape index (κ3) is 6.64. The van der Waals surface area contributed by atoms with Crippen LogP contribution in [0.2, 0.25) is 0 Å². The van der Waals surface area contributed by atoms with Crippen LogP contribution in [0.15, 0.2) is 88.7 Å². The van der Waals surface area contributed by atoms with Gasteiger partial charge in [0.15, 0.2) is 0 Å². The number of non-ortho nitro benzene ring substituents is 1. The lowest BCUT2D eigenvalue weighted by atomic mass is 10.2. The number of nitro benzene ring substituents is 1. The zero-order chi connectivity index (χ0) is 23.0. The number of sulfonamides is 1. The van der Waals surface area contributed by atoms with Gasteiger partial charge in [0.1, 0.15) is 0 Å². The molecular formula is C22H21N3O5S2. The average molecular weight is 472 g/mol. The summed E-state index contributed by atoms with van der Waals surface area (Å²) in [6, 6.07) is 21.1. The maximum absolute atomic E-state index is 12.5. The van der Waals surface area contributed by atoms with E-state index in [-0.39, 0.29) is 16.1 Å². The largest absolute Gasteiger partial charge is 0.312 e. The van der Waals surface area contributed by atoms with Gasteiger partial charge < -0.3 is 5.32 Å². The van der Waals surface area contributed by atoms with Gasteiger partial charge in [0.25, 0.3) is 21.6 Å². The van der Waals surface area contributed by atoms with E-state index in [9.17, 15) is 23.3 Å². The first-order valence-electron chi connectivity index (χ1n) is 9.64. The highest BCUT2D eigenvalue weighted by molar-refractivity contribution is 7.99. The van der Waals surface area contributed by atoms with Gasteiger partial charge in [-0.3, -0.25) is 14.9 Å². The number of amides is 1. The Morgan fingerprint density at radius 2 is 1.69 bits per heavy atom. The number of thioether (sulfide) groups is 1. The van der Waals surface area contributed by atoms with Crippen LogP contribution in [0.3, 0.4) is 0 Å². The minimum atomic E-state index is -4.11. The lowest BCUT2D eigenvalue weighted by Crippen LogP contribution is -2.30. The maximum atomic E-state index is 12.5. The predicted octanol–water partition coefficient (Wildman–Crippen LogP) is 3.60. The zero-order valence-electron chi connectivity index (χ0n) is 16.9. The molecule has 3 aromatic carbocycles. The summed E-state index contributed by atoms with van der Waals surface area (Å²) in [7, 11) is -4.11. The Morgan fingerprint density at radius 3 is 2.38 bits per heavy atom. The topological polar surface area (TPSA) is 118 Å². The molecule has 166 valence electrons. The minimum Gasteiger partial charge on any atom is -0.312 e. The summed E-state index contributed by atoms with van der Waals surface area (Å²) in [4.78, 5) is 23.6. The van der Waals surface area contributed by atoms with Crippen molar-refractivity contribution in [2.75, 3.05) is 12.3 Å². The Balaban J connectivity index is 1.52.